The zero-order valence-corrected chi connectivity index (χ0v) is 31.8. The van der Waals surface area contributed by atoms with Crippen LogP contribution in [0.15, 0.2) is 136 Å². The summed E-state index contributed by atoms with van der Waals surface area (Å²) in [6, 6.07) is 30.0. The van der Waals surface area contributed by atoms with Crippen LogP contribution >= 0.6 is 47.0 Å². The minimum Gasteiger partial charge on any atom is -0.288 e. The lowest BCUT2D eigenvalue weighted by molar-refractivity contribution is 0.101. The van der Waals surface area contributed by atoms with Gasteiger partial charge in [0.1, 0.15) is 0 Å². The molecule has 0 radical (unpaired) electrons. The van der Waals surface area contributed by atoms with Crippen molar-refractivity contribution in [3.8, 4) is 0 Å². The van der Waals surface area contributed by atoms with Gasteiger partial charge in [-0.3, -0.25) is 19.2 Å². The van der Waals surface area contributed by atoms with Gasteiger partial charge in [-0.1, -0.05) is 151 Å². The van der Waals surface area contributed by atoms with Gasteiger partial charge in [-0.15, -0.1) is 0 Å². The molecule has 0 N–H and O–H groups in total. The molecule has 248 valence electrons. The Morgan fingerprint density at radius 1 is 0.292 bits per heavy atom. The van der Waals surface area contributed by atoms with Crippen LogP contribution in [-0.2, 0) is 0 Å². The first-order valence-electron chi connectivity index (χ1n) is 16.3. The summed E-state index contributed by atoms with van der Waals surface area (Å²) in [4.78, 5) is 55.8. The second-order valence-corrected chi connectivity index (χ2v) is 13.2. The highest BCUT2D eigenvalue weighted by molar-refractivity contribution is 8.09. The van der Waals surface area contributed by atoms with E-state index in [0.29, 0.717) is 41.9 Å². The number of carbonyl (C=O) groups is 4. The molecule has 4 aliphatic rings. The molecule has 4 aromatic carbocycles. The molecule has 4 nitrogen and oxygen atoms in total. The Morgan fingerprint density at radius 3 is 0.625 bits per heavy atom. The number of hydrogen-bond acceptors (Lipinski definition) is 8. The van der Waals surface area contributed by atoms with E-state index in [9.17, 15) is 19.2 Å². The molecule has 0 atom stereocenters. The number of rotatable bonds is 0. The predicted molar refractivity (Wildman–Crippen MR) is 206 cm³/mol. The van der Waals surface area contributed by atoms with Gasteiger partial charge in [0.2, 0.25) is 23.1 Å². The van der Waals surface area contributed by atoms with Crippen LogP contribution in [0.25, 0.3) is 0 Å². The molecule has 0 amide bonds. The fourth-order valence-corrected chi connectivity index (χ4v) is 9.29. The standard InChI is InChI=1S/2C16H8O2S2.4C2H6/c2*17-13-9-5-1-3-7-11(9)19-15(13)16-14(18)10-6-2-4-8-12(10)20-16;4*1-2/h2*1-8H;4*1-2H3/b16-15+;16-15-;;;;. The van der Waals surface area contributed by atoms with Crippen molar-refractivity contribution in [3.05, 3.63) is 139 Å². The highest BCUT2D eigenvalue weighted by atomic mass is 32.2. The van der Waals surface area contributed by atoms with Crippen molar-refractivity contribution >= 4 is 70.2 Å². The van der Waals surface area contributed by atoms with Crippen LogP contribution in [-0.4, -0.2) is 23.1 Å². The van der Waals surface area contributed by atoms with Crippen molar-refractivity contribution in [2.75, 3.05) is 0 Å². The lowest BCUT2D eigenvalue weighted by Crippen LogP contribution is -2.01. The number of fused-ring (bicyclic) bond motifs is 4. The van der Waals surface area contributed by atoms with Crippen LogP contribution in [0.3, 0.4) is 0 Å². The fraction of sp³-hybridized carbons (Fsp3) is 0.200. The number of allylic oxidation sites excluding steroid dienone is 4. The maximum Gasteiger partial charge on any atom is 0.202 e. The van der Waals surface area contributed by atoms with Crippen molar-refractivity contribution in [2.24, 2.45) is 0 Å². The first-order valence-corrected chi connectivity index (χ1v) is 19.5. The highest BCUT2D eigenvalue weighted by Gasteiger charge is 2.37. The number of Topliss-reactive ketones (excluding diaryl/α,β-unsaturated/α-hetero) is 4. The maximum atomic E-state index is 12.4. The minimum absolute atomic E-state index is 0.0331. The van der Waals surface area contributed by atoms with Gasteiger partial charge in [-0.25, -0.2) is 0 Å². The molecule has 0 saturated heterocycles. The van der Waals surface area contributed by atoms with Crippen molar-refractivity contribution in [1.29, 1.82) is 0 Å². The van der Waals surface area contributed by atoms with E-state index in [1.807, 2.05) is 152 Å². The SMILES string of the molecule is CC.CC.CC.CC.O=C1/C(=C2/Sc3ccccc3C2=O)Sc2ccccc21.O=C1/C(=C2\Sc3ccccc3C2=O)Sc2ccccc21. The Balaban J connectivity index is 0.000000216. The molecule has 0 aliphatic carbocycles. The lowest BCUT2D eigenvalue weighted by Gasteiger charge is -1.98. The minimum atomic E-state index is -0.0331. The van der Waals surface area contributed by atoms with Crippen molar-refractivity contribution in [2.45, 2.75) is 75.0 Å². The summed E-state index contributed by atoms with van der Waals surface area (Å²) in [5.74, 6) is -0.132. The summed E-state index contributed by atoms with van der Waals surface area (Å²) < 4.78 is 0. The molecule has 4 aromatic rings. The first-order chi connectivity index (χ1) is 23.5. The molecule has 8 rings (SSSR count). The first kappa shape index (κ1) is 38.9. The van der Waals surface area contributed by atoms with Gasteiger partial charge in [0.15, 0.2) is 0 Å². The number of ketones is 4. The largest absolute Gasteiger partial charge is 0.288 e. The average molecular weight is 713 g/mol. The molecule has 0 aromatic heterocycles. The smallest absolute Gasteiger partial charge is 0.202 e. The van der Waals surface area contributed by atoms with Crippen LogP contribution in [0, 0.1) is 0 Å². The Bertz CT molecular complexity index is 1620. The Kier molecular flexibility index (Phi) is 15.3. The van der Waals surface area contributed by atoms with E-state index in [2.05, 4.69) is 0 Å². The Labute approximate surface area is 301 Å². The van der Waals surface area contributed by atoms with E-state index in [1.54, 1.807) is 0 Å². The van der Waals surface area contributed by atoms with Gasteiger partial charge in [0.25, 0.3) is 0 Å². The normalized spacial score (nSPS) is 17.3. The summed E-state index contributed by atoms with van der Waals surface area (Å²) in [5.41, 5.74) is 2.79. The zero-order valence-electron chi connectivity index (χ0n) is 28.5. The number of benzene rings is 4. The van der Waals surface area contributed by atoms with E-state index in [-0.39, 0.29) is 23.1 Å². The number of hydrogen-bond donors (Lipinski definition) is 0. The third-order valence-corrected chi connectivity index (χ3v) is 11.5. The molecule has 0 unspecified atom stereocenters. The Hall–Kier alpha value is -3.56. The molecule has 0 saturated carbocycles. The summed E-state index contributed by atoms with van der Waals surface area (Å²) in [7, 11) is 0. The second-order valence-electron chi connectivity index (χ2n) is 9.03. The molecule has 8 heteroatoms. The second kappa shape index (κ2) is 18.8. The fourth-order valence-electron chi connectivity index (χ4n) is 4.69. The van der Waals surface area contributed by atoms with Gasteiger partial charge in [-0.2, -0.15) is 0 Å². The van der Waals surface area contributed by atoms with Crippen LogP contribution in [0.4, 0.5) is 0 Å². The third kappa shape index (κ3) is 7.84. The summed E-state index contributed by atoms with van der Waals surface area (Å²) in [6.07, 6.45) is 0. The predicted octanol–water partition coefficient (Wildman–Crippen LogP) is 12.5. The molecule has 4 heterocycles. The average Bonchev–Trinajstić information content (AvgIpc) is 3.89. The van der Waals surface area contributed by atoms with E-state index in [0.717, 1.165) is 19.6 Å². The summed E-state index contributed by atoms with van der Waals surface area (Å²) in [5, 5.41) is 0. The highest BCUT2D eigenvalue weighted by Crippen LogP contribution is 2.50. The van der Waals surface area contributed by atoms with Gasteiger partial charge in [0.05, 0.1) is 19.6 Å². The molecular formula is C40H40O4S4. The molecular weight excluding hydrogens is 673 g/mol. The zero-order chi connectivity index (χ0) is 35.4. The molecule has 0 fully saturated rings. The van der Waals surface area contributed by atoms with Gasteiger partial charge in [0, 0.05) is 41.8 Å². The van der Waals surface area contributed by atoms with E-state index >= 15 is 0 Å². The quantitative estimate of drug-likeness (QED) is 0.167. The maximum absolute atomic E-state index is 12.4. The topological polar surface area (TPSA) is 68.3 Å². The van der Waals surface area contributed by atoms with Gasteiger partial charge < -0.3 is 0 Å². The van der Waals surface area contributed by atoms with Crippen LogP contribution < -0.4 is 0 Å². The number of thioether (sulfide) groups is 4. The van der Waals surface area contributed by atoms with Gasteiger partial charge in [-0.05, 0) is 48.5 Å². The molecule has 0 bridgehead atoms. The van der Waals surface area contributed by atoms with Crippen molar-refractivity contribution in [1.82, 2.24) is 0 Å². The van der Waals surface area contributed by atoms with Crippen molar-refractivity contribution in [3.63, 3.8) is 0 Å². The van der Waals surface area contributed by atoms with Crippen LogP contribution in [0.1, 0.15) is 96.8 Å². The van der Waals surface area contributed by atoms with E-state index < -0.39 is 0 Å². The summed E-state index contributed by atoms with van der Waals surface area (Å²) >= 11 is 5.62. The van der Waals surface area contributed by atoms with E-state index in [1.165, 1.54) is 47.0 Å². The Morgan fingerprint density at radius 2 is 0.458 bits per heavy atom. The third-order valence-electron chi connectivity index (χ3n) is 6.61. The molecule has 4 aliphatic heterocycles. The summed E-state index contributed by atoms with van der Waals surface area (Å²) in [6.45, 7) is 16.0. The molecule has 48 heavy (non-hydrogen) atoms. The molecule has 0 spiro atoms. The van der Waals surface area contributed by atoms with E-state index in [4.69, 9.17) is 0 Å². The van der Waals surface area contributed by atoms with Crippen molar-refractivity contribution < 1.29 is 19.2 Å². The van der Waals surface area contributed by atoms with Crippen LogP contribution in [0.2, 0.25) is 0 Å². The van der Waals surface area contributed by atoms with Gasteiger partial charge >= 0.3 is 0 Å². The van der Waals surface area contributed by atoms with Crippen LogP contribution in [0.5, 0.6) is 0 Å². The number of carbonyl (C=O) groups excluding carboxylic acids is 4. The lowest BCUT2D eigenvalue weighted by atomic mass is 10.1. The monoisotopic (exact) mass is 712 g/mol.